The van der Waals surface area contributed by atoms with Crippen molar-refractivity contribution in [3.63, 3.8) is 0 Å². The van der Waals surface area contributed by atoms with E-state index >= 15 is 0 Å². The van der Waals surface area contributed by atoms with Crippen LogP contribution in [0.25, 0.3) is 0 Å². The number of hydrogen-bond acceptors (Lipinski definition) is 3. The molecule has 0 radical (unpaired) electrons. The molecule has 2 rings (SSSR count). The number of benzene rings is 2. The lowest BCUT2D eigenvalue weighted by molar-refractivity contribution is 0.0696. The zero-order chi connectivity index (χ0) is 16.1. The number of aromatic carboxylic acids is 1. The molecule has 0 amide bonds. The Labute approximate surface area is 129 Å². The summed E-state index contributed by atoms with van der Waals surface area (Å²) in [7, 11) is 1.58. The van der Waals surface area contributed by atoms with Gasteiger partial charge in [0.15, 0.2) is 5.78 Å². The van der Waals surface area contributed by atoms with Gasteiger partial charge in [-0.3, -0.25) is 4.79 Å². The second-order valence-corrected chi connectivity index (χ2v) is 5.20. The number of rotatable bonds is 6. The van der Waals surface area contributed by atoms with Crippen molar-refractivity contribution in [2.45, 2.75) is 13.3 Å². The number of ether oxygens (including phenoxy) is 1. The second-order valence-electron chi connectivity index (χ2n) is 5.20. The largest absolute Gasteiger partial charge is 0.497 e. The first-order valence-corrected chi connectivity index (χ1v) is 7.01. The minimum absolute atomic E-state index is 0.0602. The summed E-state index contributed by atoms with van der Waals surface area (Å²) in [5.41, 5.74) is 1.84. The van der Waals surface area contributed by atoms with E-state index in [1.807, 2.05) is 6.92 Å². The van der Waals surface area contributed by atoms with Crippen molar-refractivity contribution in [1.29, 1.82) is 0 Å². The van der Waals surface area contributed by atoms with Crippen LogP contribution in [0.4, 0.5) is 0 Å². The predicted octanol–water partition coefficient (Wildman–Crippen LogP) is 3.45. The molecule has 22 heavy (non-hydrogen) atoms. The third kappa shape index (κ3) is 3.73. The highest BCUT2D eigenvalue weighted by Crippen LogP contribution is 2.18. The van der Waals surface area contributed by atoms with E-state index in [4.69, 9.17) is 9.84 Å². The van der Waals surface area contributed by atoms with E-state index < -0.39 is 5.97 Å². The molecule has 0 heterocycles. The molecule has 0 saturated heterocycles. The van der Waals surface area contributed by atoms with E-state index in [9.17, 15) is 9.59 Å². The minimum Gasteiger partial charge on any atom is -0.497 e. The number of carboxylic acid groups (broad SMARTS) is 1. The van der Waals surface area contributed by atoms with Crippen molar-refractivity contribution in [2.24, 2.45) is 5.92 Å². The second kappa shape index (κ2) is 6.89. The van der Waals surface area contributed by atoms with Crippen LogP contribution >= 0.6 is 0 Å². The first kappa shape index (κ1) is 15.8. The van der Waals surface area contributed by atoms with Gasteiger partial charge in [-0.25, -0.2) is 4.79 Å². The van der Waals surface area contributed by atoms with Crippen molar-refractivity contribution in [2.75, 3.05) is 7.11 Å². The molecule has 4 nitrogen and oxygen atoms in total. The molecule has 2 aromatic rings. The molecule has 0 saturated carbocycles. The molecule has 0 aliphatic heterocycles. The molecule has 0 aliphatic rings. The molecule has 4 heteroatoms. The lowest BCUT2D eigenvalue weighted by Crippen LogP contribution is -2.14. The van der Waals surface area contributed by atoms with Gasteiger partial charge in [-0.1, -0.05) is 19.1 Å². The third-order valence-corrected chi connectivity index (χ3v) is 3.56. The summed E-state index contributed by atoms with van der Waals surface area (Å²) in [5, 5.41) is 8.87. The molecular formula is C18H18O4. The molecule has 0 bridgehead atoms. The number of carbonyl (C=O) groups is 2. The van der Waals surface area contributed by atoms with Crippen LogP contribution in [0.3, 0.4) is 0 Å². The Morgan fingerprint density at radius 3 is 2.05 bits per heavy atom. The molecular weight excluding hydrogens is 280 g/mol. The average molecular weight is 298 g/mol. The smallest absolute Gasteiger partial charge is 0.335 e. The van der Waals surface area contributed by atoms with Gasteiger partial charge in [0.25, 0.3) is 0 Å². The fourth-order valence-corrected chi connectivity index (χ4v) is 2.27. The summed E-state index contributed by atoms with van der Waals surface area (Å²) < 4.78 is 5.08. The van der Waals surface area contributed by atoms with Gasteiger partial charge in [0.05, 0.1) is 12.7 Å². The number of hydrogen-bond donors (Lipinski definition) is 1. The van der Waals surface area contributed by atoms with Crippen molar-refractivity contribution in [3.05, 3.63) is 65.2 Å². The lowest BCUT2D eigenvalue weighted by atomic mass is 9.92. The van der Waals surface area contributed by atoms with E-state index in [1.165, 1.54) is 0 Å². The molecule has 0 fully saturated rings. The maximum atomic E-state index is 12.4. The van der Waals surface area contributed by atoms with Crippen molar-refractivity contribution < 1.29 is 19.4 Å². The summed E-state index contributed by atoms with van der Waals surface area (Å²) >= 11 is 0. The normalized spacial score (nSPS) is 11.7. The maximum absolute atomic E-state index is 12.4. The van der Waals surface area contributed by atoms with Gasteiger partial charge in [-0.15, -0.1) is 0 Å². The minimum atomic E-state index is -0.950. The highest BCUT2D eigenvalue weighted by Gasteiger charge is 2.16. The molecule has 0 spiro atoms. The Hall–Kier alpha value is -2.62. The Morgan fingerprint density at radius 1 is 1.00 bits per heavy atom. The summed E-state index contributed by atoms with van der Waals surface area (Å²) in [6.45, 7) is 1.87. The first-order valence-electron chi connectivity index (χ1n) is 7.01. The highest BCUT2D eigenvalue weighted by molar-refractivity contribution is 5.97. The van der Waals surface area contributed by atoms with Crippen LogP contribution < -0.4 is 4.74 Å². The lowest BCUT2D eigenvalue weighted by Gasteiger charge is -2.11. The monoisotopic (exact) mass is 298 g/mol. The zero-order valence-corrected chi connectivity index (χ0v) is 12.6. The number of ketones is 1. The van der Waals surface area contributed by atoms with E-state index in [0.29, 0.717) is 17.7 Å². The highest BCUT2D eigenvalue weighted by atomic mass is 16.5. The molecule has 1 unspecified atom stereocenters. The molecule has 0 aromatic heterocycles. The van der Waals surface area contributed by atoms with Gasteiger partial charge in [-0.2, -0.15) is 0 Å². The number of methoxy groups -OCH3 is 1. The van der Waals surface area contributed by atoms with Gasteiger partial charge >= 0.3 is 5.97 Å². The van der Waals surface area contributed by atoms with Crippen LogP contribution in [0.2, 0.25) is 0 Å². The summed E-state index contributed by atoms with van der Waals surface area (Å²) in [6, 6.07) is 13.7. The predicted molar refractivity (Wildman–Crippen MR) is 83.6 cm³/mol. The van der Waals surface area contributed by atoms with Gasteiger partial charge in [-0.05, 0) is 48.4 Å². The van der Waals surface area contributed by atoms with Gasteiger partial charge in [0, 0.05) is 11.5 Å². The number of carbonyl (C=O) groups excluding carboxylic acids is 1. The molecule has 114 valence electrons. The van der Waals surface area contributed by atoms with Crippen LogP contribution in [-0.4, -0.2) is 24.0 Å². The van der Waals surface area contributed by atoms with Crippen molar-refractivity contribution in [3.8, 4) is 5.75 Å². The Balaban J connectivity index is 2.05. The van der Waals surface area contributed by atoms with Crippen LogP contribution in [-0.2, 0) is 6.42 Å². The van der Waals surface area contributed by atoms with Crippen LogP contribution in [0.1, 0.15) is 33.2 Å². The number of Topliss-reactive ketones (excluding diaryl/α,β-unsaturated/α-hetero) is 1. The van der Waals surface area contributed by atoms with E-state index in [2.05, 4.69) is 0 Å². The fourth-order valence-electron chi connectivity index (χ4n) is 2.27. The van der Waals surface area contributed by atoms with Gasteiger partial charge < -0.3 is 9.84 Å². The Kier molecular flexibility index (Phi) is 4.94. The van der Waals surface area contributed by atoms with Crippen LogP contribution in [0.15, 0.2) is 48.5 Å². The zero-order valence-electron chi connectivity index (χ0n) is 12.6. The number of carboxylic acids is 1. The molecule has 0 aliphatic carbocycles. The van der Waals surface area contributed by atoms with Crippen LogP contribution in [0.5, 0.6) is 5.75 Å². The molecule has 2 aromatic carbocycles. The molecule has 1 atom stereocenters. The Morgan fingerprint density at radius 2 is 1.55 bits per heavy atom. The molecule has 1 N–H and O–H groups in total. The van der Waals surface area contributed by atoms with E-state index in [-0.39, 0.29) is 17.3 Å². The van der Waals surface area contributed by atoms with Gasteiger partial charge in [0.2, 0.25) is 0 Å². The SMILES string of the molecule is COc1ccc(C(=O)C(C)Cc2ccc(C(=O)O)cc2)cc1. The average Bonchev–Trinajstić information content (AvgIpc) is 2.54. The van der Waals surface area contributed by atoms with Crippen molar-refractivity contribution >= 4 is 11.8 Å². The maximum Gasteiger partial charge on any atom is 0.335 e. The summed E-state index contributed by atoms with van der Waals surface area (Å²) in [5.74, 6) is -0.351. The first-order chi connectivity index (χ1) is 10.5. The summed E-state index contributed by atoms with van der Waals surface area (Å²) in [4.78, 5) is 23.2. The standard InChI is InChI=1S/C18H18O4/c1-12(11-13-3-5-15(6-4-13)18(20)21)17(19)14-7-9-16(22-2)10-8-14/h3-10,12H,11H2,1-2H3,(H,20,21). The van der Waals surface area contributed by atoms with Crippen LogP contribution in [0, 0.1) is 5.92 Å². The summed E-state index contributed by atoms with van der Waals surface area (Å²) in [6.07, 6.45) is 0.574. The topological polar surface area (TPSA) is 63.6 Å². The van der Waals surface area contributed by atoms with Gasteiger partial charge in [0.1, 0.15) is 5.75 Å². The van der Waals surface area contributed by atoms with E-state index in [0.717, 1.165) is 5.56 Å². The third-order valence-electron chi connectivity index (χ3n) is 3.56. The van der Waals surface area contributed by atoms with Crippen molar-refractivity contribution in [1.82, 2.24) is 0 Å². The van der Waals surface area contributed by atoms with E-state index in [1.54, 1.807) is 55.6 Å². The fraction of sp³-hybridized carbons (Fsp3) is 0.222. The quantitative estimate of drug-likeness (QED) is 0.830. The Bertz CT molecular complexity index is 656.